The van der Waals surface area contributed by atoms with Crippen LogP contribution >= 0.6 is 0 Å². The molecule has 0 aromatic heterocycles. The SMILES string of the molecule is Cc1cccc(OCC(=O)N2CC(O)C[C@H]2C(=O)O)c1C. The first-order chi connectivity index (χ1) is 9.90. The van der Waals surface area contributed by atoms with Crippen molar-refractivity contribution in [3.05, 3.63) is 29.3 Å². The number of β-amino-alcohol motifs (C(OH)–C–C–N with tert-alkyl or cyclic N) is 1. The summed E-state index contributed by atoms with van der Waals surface area (Å²) in [6.45, 7) is 3.64. The molecular formula is C15H19NO5. The Bertz CT molecular complexity index is 557. The fourth-order valence-corrected chi connectivity index (χ4v) is 2.43. The molecular weight excluding hydrogens is 274 g/mol. The minimum atomic E-state index is -1.10. The zero-order chi connectivity index (χ0) is 15.6. The van der Waals surface area contributed by atoms with Gasteiger partial charge in [-0.15, -0.1) is 0 Å². The molecule has 2 rings (SSSR count). The summed E-state index contributed by atoms with van der Waals surface area (Å²) < 4.78 is 5.49. The number of carbonyl (C=O) groups is 2. The minimum Gasteiger partial charge on any atom is -0.483 e. The lowest BCUT2D eigenvalue weighted by Gasteiger charge is -2.21. The first-order valence-electron chi connectivity index (χ1n) is 6.79. The average Bonchev–Trinajstić information content (AvgIpc) is 2.82. The van der Waals surface area contributed by atoms with Crippen LogP contribution in [0.3, 0.4) is 0 Å². The first-order valence-corrected chi connectivity index (χ1v) is 6.79. The van der Waals surface area contributed by atoms with Gasteiger partial charge in [-0.05, 0) is 31.0 Å². The van der Waals surface area contributed by atoms with Gasteiger partial charge in [-0.1, -0.05) is 12.1 Å². The predicted octanol–water partition coefficient (Wildman–Crippen LogP) is 0.729. The molecule has 0 bridgehead atoms. The third-order valence-electron chi connectivity index (χ3n) is 3.79. The van der Waals surface area contributed by atoms with Gasteiger partial charge in [-0.3, -0.25) is 4.79 Å². The van der Waals surface area contributed by atoms with Crippen molar-refractivity contribution in [3.63, 3.8) is 0 Å². The average molecular weight is 293 g/mol. The molecule has 2 N–H and O–H groups in total. The zero-order valence-electron chi connectivity index (χ0n) is 12.1. The van der Waals surface area contributed by atoms with E-state index in [0.29, 0.717) is 5.75 Å². The largest absolute Gasteiger partial charge is 0.483 e. The quantitative estimate of drug-likeness (QED) is 0.854. The summed E-state index contributed by atoms with van der Waals surface area (Å²) in [7, 11) is 0. The van der Waals surface area contributed by atoms with Crippen LogP contribution in [0.5, 0.6) is 5.75 Å². The van der Waals surface area contributed by atoms with Crippen LogP contribution < -0.4 is 4.74 Å². The summed E-state index contributed by atoms with van der Waals surface area (Å²) in [6, 6.07) is 4.57. The van der Waals surface area contributed by atoms with E-state index in [2.05, 4.69) is 0 Å². The van der Waals surface area contributed by atoms with Crippen molar-refractivity contribution in [2.75, 3.05) is 13.2 Å². The highest BCUT2D eigenvalue weighted by Crippen LogP contribution is 2.22. The number of aliphatic carboxylic acids is 1. The Balaban J connectivity index is 2.01. The molecule has 1 fully saturated rings. The second-order valence-corrected chi connectivity index (χ2v) is 5.28. The number of carboxylic acid groups (broad SMARTS) is 1. The zero-order valence-corrected chi connectivity index (χ0v) is 12.1. The summed E-state index contributed by atoms with van der Waals surface area (Å²) in [5.74, 6) is -0.929. The van der Waals surface area contributed by atoms with E-state index in [0.717, 1.165) is 16.0 Å². The Labute approximate surface area is 122 Å². The van der Waals surface area contributed by atoms with Gasteiger partial charge in [0.05, 0.1) is 6.10 Å². The minimum absolute atomic E-state index is 0.0337. The number of hydrogen-bond acceptors (Lipinski definition) is 4. The molecule has 6 heteroatoms. The molecule has 6 nitrogen and oxygen atoms in total. The van der Waals surface area contributed by atoms with Crippen molar-refractivity contribution < 1.29 is 24.5 Å². The van der Waals surface area contributed by atoms with Gasteiger partial charge in [0.2, 0.25) is 0 Å². The lowest BCUT2D eigenvalue weighted by molar-refractivity contribution is -0.149. The summed E-state index contributed by atoms with van der Waals surface area (Å²) in [5.41, 5.74) is 2.00. The van der Waals surface area contributed by atoms with Crippen molar-refractivity contribution in [1.29, 1.82) is 0 Å². The number of ether oxygens (including phenoxy) is 1. The van der Waals surface area contributed by atoms with Crippen LogP contribution in [0.1, 0.15) is 17.5 Å². The maximum Gasteiger partial charge on any atom is 0.326 e. The molecule has 0 radical (unpaired) electrons. The number of hydrogen-bond donors (Lipinski definition) is 2. The first kappa shape index (κ1) is 15.3. The second kappa shape index (κ2) is 6.13. The van der Waals surface area contributed by atoms with Crippen molar-refractivity contribution in [2.45, 2.75) is 32.4 Å². The third-order valence-corrected chi connectivity index (χ3v) is 3.79. The van der Waals surface area contributed by atoms with Gasteiger partial charge in [0.1, 0.15) is 11.8 Å². The Morgan fingerprint density at radius 2 is 2.10 bits per heavy atom. The second-order valence-electron chi connectivity index (χ2n) is 5.28. The van der Waals surface area contributed by atoms with Gasteiger partial charge in [0.25, 0.3) is 5.91 Å². The molecule has 0 saturated carbocycles. The predicted molar refractivity (Wildman–Crippen MR) is 75.2 cm³/mol. The molecule has 1 heterocycles. The van der Waals surface area contributed by atoms with Gasteiger partial charge in [0.15, 0.2) is 6.61 Å². The van der Waals surface area contributed by atoms with Gasteiger partial charge in [-0.2, -0.15) is 0 Å². The summed E-state index contributed by atoms with van der Waals surface area (Å²) in [4.78, 5) is 24.4. The van der Waals surface area contributed by atoms with E-state index in [4.69, 9.17) is 9.84 Å². The van der Waals surface area contributed by atoms with E-state index in [1.165, 1.54) is 0 Å². The topological polar surface area (TPSA) is 87.1 Å². The number of carboxylic acids is 1. The smallest absolute Gasteiger partial charge is 0.326 e. The molecule has 1 amide bonds. The van der Waals surface area contributed by atoms with Gasteiger partial charge >= 0.3 is 5.97 Å². The summed E-state index contributed by atoms with van der Waals surface area (Å²) in [5, 5.41) is 18.6. The number of benzene rings is 1. The van der Waals surface area contributed by atoms with Crippen LogP contribution in [0.25, 0.3) is 0 Å². The standard InChI is InChI=1S/C15H19NO5/c1-9-4-3-5-13(10(9)2)21-8-14(18)16-7-11(17)6-12(16)15(19)20/h3-5,11-12,17H,6-8H2,1-2H3,(H,19,20)/t11?,12-/m0/s1. The van der Waals surface area contributed by atoms with E-state index in [-0.39, 0.29) is 19.6 Å². The number of aryl methyl sites for hydroxylation is 1. The van der Waals surface area contributed by atoms with E-state index in [9.17, 15) is 14.7 Å². The Kier molecular flexibility index (Phi) is 4.47. The van der Waals surface area contributed by atoms with Crippen molar-refractivity contribution in [3.8, 4) is 5.75 Å². The number of carbonyl (C=O) groups excluding carboxylic acids is 1. The molecule has 0 aliphatic carbocycles. The maximum absolute atomic E-state index is 12.1. The summed E-state index contributed by atoms with van der Waals surface area (Å²) in [6.07, 6.45) is -0.736. The fourth-order valence-electron chi connectivity index (χ4n) is 2.43. The van der Waals surface area contributed by atoms with E-state index >= 15 is 0 Å². The number of aliphatic hydroxyl groups is 1. The number of aliphatic hydroxyl groups excluding tert-OH is 1. The van der Waals surface area contributed by atoms with Gasteiger partial charge < -0.3 is 19.8 Å². The normalized spacial score (nSPS) is 21.4. The van der Waals surface area contributed by atoms with Crippen LogP contribution in [0, 0.1) is 13.8 Å². The Hall–Kier alpha value is -2.08. The molecule has 1 saturated heterocycles. The maximum atomic E-state index is 12.1. The lowest BCUT2D eigenvalue weighted by atomic mass is 10.1. The number of nitrogens with zero attached hydrogens (tertiary/aromatic N) is 1. The third kappa shape index (κ3) is 3.33. The summed E-state index contributed by atoms with van der Waals surface area (Å²) >= 11 is 0. The van der Waals surface area contributed by atoms with Crippen LogP contribution in [-0.4, -0.2) is 52.3 Å². The van der Waals surface area contributed by atoms with E-state index in [1.807, 2.05) is 26.0 Å². The van der Waals surface area contributed by atoms with Crippen LogP contribution in [0.15, 0.2) is 18.2 Å². The van der Waals surface area contributed by atoms with E-state index in [1.54, 1.807) is 6.07 Å². The van der Waals surface area contributed by atoms with Crippen LogP contribution in [-0.2, 0) is 9.59 Å². The monoisotopic (exact) mass is 293 g/mol. The highest BCUT2D eigenvalue weighted by atomic mass is 16.5. The highest BCUT2D eigenvalue weighted by Gasteiger charge is 2.38. The molecule has 1 aromatic rings. The molecule has 1 aliphatic rings. The highest BCUT2D eigenvalue weighted by molar-refractivity contribution is 5.85. The molecule has 114 valence electrons. The molecule has 2 atom stereocenters. The number of likely N-dealkylation sites (tertiary alicyclic amines) is 1. The molecule has 1 unspecified atom stereocenters. The number of amides is 1. The lowest BCUT2D eigenvalue weighted by Crippen LogP contribution is -2.43. The van der Waals surface area contributed by atoms with Crippen LogP contribution in [0.4, 0.5) is 0 Å². The van der Waals surface area contributed by atoms with E-state index < -0.39 is 24.0 Å². The fraction of sp³-hybridized carbons (Fsp3) is 0.467. The van der Waals surface area contributed by atoms with Gasteiger partial charge in [0, 0.05) is 13.0 Å². The molecule has 21 heavy (non-hydrogen) atoms. The van der Waals surface area contributed by atoms with Crippen molar-refractivity contribution in [2.24, 2.45) is 0 Å². The Morgan fingerprint density at radius 3 is 2.76 bits per heavy atom. The van der Waals surface area contributed by atoms with Crippen molar-refractivity contribution in [1.82, 2.24) is 4.90 Å². The van der Waals surface area contributed by atoms with Crippen LogP contribution in [0.2, 0.25) is 0 Å². The Morgan fingerprint density at radius 1 is 1.38 bits per heavy atom. The molecule has 1 aromatic carbocycles. The molecule has 1 aliphatic heterocycles. The molecule has 0 spiro atoms. The van der Waals surface area contributed by atoms with Crippen molar-refractivity contribution >= 4 is 11.9 Å². The number of rotatable bonds is 4. The van der Waals surface area contributed by atoms with Gasteiger partial charge in [-0.25, -0.2) is 4.79 Å².